The first-order valence-electron chi connectivity index (χ1n) is 9.75. The minimum absolute atomic E-state index is 0.0557. The van der Waals surface area contributed by atoms with E-state index in [-0.39, 0.29) is 5.91 Å². The summed E-state index contributed by atoms with van der Waals surface area (Å²) in [6.45, 7) is 0.450. The maximum atomic E-state index is 13.0. The van der Waals surface area contributed by atoms with Crippen LogP contribution in [-0.4, -0.2) is 41.0 Å². The Labute approximate surface area is 185 Å². The van der Waals surface area contributed by atoms with Crippen molar-refractivity contribution in [3.05, 3.63) is 95.0 Å². The largest absolute Gasteiger partial charge is 0.399 e. The Balaban J connectivity index is 1.58. The van der Waals surface area contributed by atoms with E-state index in [1.54, 1.807) is 41.6 Å². The predicted octanol–water partition coefficient (Wildman–Crippen LogP) is 4.85. The van der Waals surface area contributed by atoms with Gasteiger partial charge in [0.2, 0.25) is 0 Å². The molecule has 0 aliphatic carbocycles. The molecule has 2 aromatic carbocycles. The van der Waals surface area contributed by atoms with Gasteiger partial charge in [-0.15, -0.1) is 11.3 Å². The number of oxime groups is 1. The van der Waals surface area contributed by atoms with Gasteiger partial charge in [-0.1, -0.05) is 41.6 Å². The monoisotopic (exact) mass is 430 g/mol. The highest BCUT2D eigenvalue weighted by molar-refractivity contribution is 7.13. The molecule has 0 saturated carbocycles. The number of rotatable bonds is 7. The van der Waals surface area contributed by atoms with Crippen LogP contribution in [0, 0.1) is 0 Å². The Morgan fingerprint density at radius 2 is 1.90 bits per heavy atom. The Morgan fingerprint density at radius 1 is 1.13 bits per heavy atom. The van der Waals surface area contributed by atoms with Crippen molar-refractivity contribution in [3.8, 4) is 16.3 Å². The number of hydrogen-bond acceptors (Lipinski definition) is 5. The number of thiophene rings is 1. The fraction of sp³-hybridized carbons (Fsp3) is 0.125. The molecule has 0 atom stereocenters. The van der Waals surface area contributed by atoms with Crippen molar-refractivity contribution in [2.75, 3.05) is 14.2 Å². The highest BCUT2D eigenvalue weighted by Gasteiger charge is 2.18. The molecule has 4 rings (SSSR count). The van der Waals surface area contributed by atoms with Gasteiger partial charge >= 0.3 is 0 Å². The van der Waals surface area contributed by atoms with E-state index < -0.39 is 0 Å². The number of hydrogen-bond donors (Lipinski definition) is 0. The molecule has 156 valence electrons. The number of aromatic nitrogens is 2. The zero-order valence-corrected chi connectivity index (χ0v) is 18.1. The van der Waals surface area contributed by atoms with Crippen LogP contribution in [-0.2, 0) is 11.4 Å². The summed E-state index contributed by atoms with van der Waals surface area (Å²) in [4.78, 5) is 20.5. The molecular formula is C24H22N4O2S. The summed E-state index contributed by atoms with van der Waals surface area (Å²) in [5.74, 6) is -0.0557. The minimum Gasteiger partial charge on any atom is -0.399 e. The van der Waals surface area contributed by atoms with Crippen molar-refractivity contribution in [1.82, 2.24) is 14.7 Å². The first-order chi connectivity index (χ1) is 15.2. The third kappa shape index (κ3) is 4.73. The van der Waals surface area contributed by atoms with Crippen LogP contribution >= 0.6 is 11.3 Å². The number of benzene rings is 2. The van der Waals surface area contributed by atoms with E-state index in [9.17, 15) is 4.79 Å². The number of para-hydroxylation sites is 1. The number of amides is 1. The summed E-state index contributed by atoms with van der Waals surface area (Å²) in [5, 5.41) is 10.6. The lowest BCUT2D eigenvalue weighted by molar-refractivity contribution is 0.0785. The molecular weight excluding hydrogens is 408 g/mol. The van der Waals surface area contributed by atoms with Crippen LogP contribution in [0.15, 0.2) is 83.5 Å². The average Bonchev–Trinajstić information content (AvgIpc) is 3.48. The van der Waals surface area contributed by atoms with Gasteiger partial charge in [0, 0.05) is 30.9 Å². The van der Waals surface area contributed by atoms with E-state index in [0.717, 1.165) is 27.4 Å². The summed E-state index contributed by atoms with van der Waals surface area (Å²) in [6, 6.07) is 21.3. The van der Waals surface area contributed by atoms with Crippen LogP contribution in [0.1, 0.15) is 21.5 Å². The highest BCUT2D eigenvalue weighted by Crippen LogP contribution is 2.28. The lowest BCUT2D eigenvalue weighted by Crippen LogP contribution is -2.26. The van der Waals surface area contributed by atoms with Crippen LogP contribution < -0.4 is 0 Å². The molecule has 0 fully saturated rings. The first-order valence-corrected chi connectivity index (χ1v) is 10.6. The van der Waals surface area contributed by atoms with E-state index in [4.69, 9.17) is 9.94 Å². The zero-order chi connectivity index (χ0) is 21.6. The van der Waals surface area contributed by atoms with E-state index in [2.05, 4.69) is 5.16 Å². The molecule has 0 unspecified atom stereocenters. The van der Waals surface area contributed by atoms with Crippen molar-refractivity contribution < 1.29 is 9.63 Å². The molecule has 7 heteroatoms. The van der Waals surface area contributed by atoms with Gasteiger partial charge < -0.3 is 9.74 Å². The molecule has 0 spiro atoms. The van der Waals surface area contributed by atoms with Crippen LogP contribution in [0.4, 0.5) is 0 Å². The number of carbonyl (C=O) groups is 1. The van der Waals surface area contributed by atoms with Crippen LogP contribution in [0.2, 0.25) is 0 Å². The molecule has 0 aliphatic rings. The lowest BCUT2D eigenvalue weighted by Gasteiger charge is -2.17. The third-order valence-corrected chi connectivity index (χ3v) is 5.66. The summed E-state index contributed by atoms with van der Waals surface area (Å²) < 4.78 is 1.87. The second-order valence-electron chi connectivity index (χ2n) is 6.96. The zero-order valence-electron chi connectivity index (χ0n) is 17.3. The highest BCUT2D eigenvalue weighted by atomic mass is 32.1. The third-order valence-electron chi connectivity index (χ3n) is 4.78. The SMILES string of the molecule is CO/N=C/c1ccc(C(=O)N(C)Cc2cn(-c3ccccc3)nc2-c2cccs2)cc1. The smallest absolute Gasteiger partial charge is 0.253 e. The molecule has 2 aromatic heterocycles. The number of carbonyl (C=O) groups excluding carboxylic acids is 1. The van der Waals surface area contributed by atoms with Gasteiger partial charge in [0.15, 0.2) is 0 Å². The molecule has 0 radical (unpaired) electrons. The first kappa shape index (κ1) is 20.6. The molecule has 0 saturated heterocycles. The van der Waals surface area contributed by atoms with Crippen molar-refractivity contribution in [2.45, 2.75) is 6.54 Å². The van der Waals surface area contributed by atoms with Crippen molar-refractivity contribution in [2.24, 2.45) is 5.16 Å². The molecule has 31 heavy (non-hydrogen) atoms. The lowest BCUT2D eigenvalue weighted by atomic mass is 10.1. The number of nitrogens with zero attached hydrogens (tertiary/aromatic N) is 4. The van der Waals surface area contributed by atoms with E-state index in [1.807, 2.05) is 70.9 Å². The van der Waals surface area contributed by atoms with E-state index >= 15 is 0 Å². The summed E-state index contributed by atoms with van der Waals surface area (Å²) in [7, 11) is 3.30. The van der Waals surface area contributed by atoms with Gasteiger partial charge in [0.25, 0.3) is 5.91 Å². The van der Waals surface area contributed by atoms with Gasteiger partial charge in [0.1, 0.15) is 12.8 Å². The Hall–Kier alpha value is -3.71. The van der Waals surface area contributed by atoms with Gasteiger partial charge in [-0.2, -0.15) is 5.10 Å². The Bertz CT molecular complexity index is 1170. The van der Waals surface area contributed by atoms with Crippen LogP contribution in [0.25, 0.3) is 16.3 Å². The fourth-order valence-corrected chi connectivity index (χ4v) is 3.98. The standard InChI is InChI=1S/C24H22N4O2S/c1-27(24(29)19-12-10-18(11-13-19)15-25-30-2)16-20-17-28(21-7-4-3-5-8-21)26-23(20)22-9-6-14-31-22/h3-15,17H,16H2,1-2H3/b25-15+. The van der Waals surface area contributed by atoms with Crippen molar-refractivity contribution in [1.29, 1.82) is 0 Å². The van der Waals surface area contributed by atoms with Crippen molar-refractivity contribution in [3.63, 3.8) is 0 Å². The topological polar surface area (TPSA) is 59.7 Å². The maximum absolute atomic E-state index is 13.0. The minimum atomic E-state index is -0.0557. The van der Waals surface area contributed by atoms with Crippen LogP contribution in [0.5, 0.6) is 0 Å². The predicted molar refractivity (Wildman–Crippen MR) is 124 cm³/mol. The molecule has 1 amide bonds. The van der Waals surface area contributed by atoms with Crippen LogP contribution in [0.3, 0.4) is 0 Å². The van der Waals surface area contributed by atoms with Gasteiger partial charge in [-0.25, -0.2) is 4.68 Å². The van der Waals surface area contributed by atoms with Gasteiger partial charge in [-0.05, 0) is 41.3 Å². The second-order valence-corrected chi connectivity index (χ2v) is 7.91. The summed E-state index contributed by atoms with van der Waals surface area (Å²) in [5.41, 5.74) is 4.35. The van der Waals surface area contributed by atoms with Gasteiger partial charge in [-0.3, -0.25) is 4.79 Å². The fourth-order valence-electron chi connectivity index (χ4n) is 3.23. The molecule has 4 aromatic rings. The Kier molecular flexibility index (Phi) is 6.24. The molecule has 2 heterocycles. The second kappa shape index (κ2) is 9.40. The molecule has 0 bridgehead atoms. The maximum Gasteiger partial charge on any atom is 0.253 e. The molecule has 6 nitrogen and oxygen atoms in total. The van der Waals surface area contributed by atoms with E-state index in [1.165, 1.54) is 7.11 Å². The Morgan fingerprint density at radius 3 is 2.58 bits per heavy atom. The molecule has 0 aliphatic heterocycles. The normalized spacial score (nSPS) is 11.0. The molecule has 0 N–H and O–H groups in total. The van der Waals surface area contributed by atoms with Gasteiger partial charge in [0.05, 0.1) is 16.8 Å². The van der Waals surface area contributed by atoms with E-state index in [0.29, 0.717) is 12.1 Å². The van der Waals surface area contributed by atoms with Crippen molar-refractivity contribution >= 4 is 23.5 Å². The summed E-state index contributed by atoms with van der Waals surface area (Å²) >= 11 is 1.64. The quantitative estimate of drug-likeness (QED) is 0.311. The average molecular weight is 431 g/mol. The summed E-state index contributed by atoms with van der Waals surface area (Å²) in [6.07, 6.45) is 3.60.